The van der Waals surface area contributed by atoms with E-state index in [9.17, 15) is 13.6 Å². The molecule has 0 saturated carbocycles. The molecule has 0 aliphatic heterocycles. The van der Waals surface area contributed by atoms with Gasteiger partial charge in [0.15, 0.2) is 0 Å². The molecule has 1 amide bonds. The number of amides is 1. The molecule has 0 unspecified atom stereocenters. The summed E-state index contributed by atoms with van der Waals surface area (Å²) in [6.45, 7) is 0. The predicted octanol–water partition coefficient (Wildman–Crippen LogP) is 4.70. The number of carbonyl (C=O) groups excluding carboxylic acids is 1. The normalized spacial score (nSPS) is 9.53. The van der Waals surface area contributed by atoms with E-state index >= 15 is 0 Å². The van der Waals surface area contributed by atoms with Crippen molar-refractivity contribution < 1.29 is 23.8 Å². The van der Waals surface area contributed by atoms with Crippen LogP contribution in [0.1, 0.15) is 10.4 Å². The zero-order valence-corrected chi connectivity index (χ0v) is 20.7. The van der Waals surface area contributed by atoms with Gasteiger partial charge in [0.25, 0.3) is 12.2 Å². The summed E-state index contributed by atoms with van der Waals surface area (Å²) in [5.74, 6) is 4.21. The standard InChI is InChI=1S/C18H13F2IN4O.C7H5NO.H2O/c19-13-4-2-1-3-11(13)12-8-23-9-16(17(12)18(26)25-22)24-15-6-5-10(21)7-14(15)20;8-6-9-7-4-2-1-3-5-7;/h1-9,24H,22H2,(H,25,26);1-5H;1H2. The highest BCUT2D eigenvalue weighted by Gasteiger charge is 2.20. The Labute approximate surface area is 219 Å². The molecule has 1 heterocycles. The van der Waals surface area contributed by atoms with Crippen LogP contribution in [0.15, 0.2) is 85.2 Å². The zero-order valence-electron chi connectivity index (χ0n) is 18.5. The molecule has 36 heavy (non-hydrogen) atoms. The number of benzene rings is 3. The second-order valence-electron chi connectivity index (χ2n) is 6.82. The van der Waals surface area contributed by atoms with Crippen LogP contribution in [0.4, 0.5) is 20.2 Å². The van der Waals surface area contributed by atoms with E-state index in [4.69, 9.17) is 11.1 Å². The van der Waals surface area contributed by atoms with E-state index < -0.39 is 17.5 Å². The third-order valence-electron chi connectivity index (χ3n) is 4.58. The minimum Gasteiger partial charge on any atom is -0.412 e. The Kier molecular flexibility index (Phi) is 10.7. The number of nitrogens with zero attached hydrogens (tertiary/aromatic N) is 2. The van der Waals surface area contributed by atoms with Gasteiger partial charge in [-0.15, -0.1) is 5.26 Å². The van der Waals surface area contributed by atoms with Gasteiger partial charge < -0.3 is 15.5 Å². The van der Waals surface area contributed by atoms with Gasteiger partial charge >= 0.3 is 0 Å². The van der Waals surface area contributed by atoms with Crippen LogP contribution in [0.5, 0.6) is 5.75 Å². The summed E-state index contributed by atoms with van der Waals surface area (Å²) < 4.78 is 33.6. The molecule has 4 rings (SSSR count). The van der Waals surface area contributed by atoms with E-state index in [1.54, 1.807) is 30.5 Å². The van der Waals surface area contributed by atoms with E-state index in [-0.39, 0.29) is 33.5 Å². The van der Waals surface area contributed by atoms with Gasteiger partial charge in [0.1, 0.15) is 17.4 Å². The van der Waals surface area contributed by atoms with Crippen LogP contribution in [-0.2, 0) is 0 Å². The van der Waals surface area contributed by atoms with Crippen molar-refractivity contribution in [3.05, 3.63) is 106 Å². The number of nitrogens with one attached hydrogen (secondary N) is 2. The fourth-order valence-electron chi connectivity index (χ4n) is 3.03. The first-order valence-corrected chi connectivity index (χ1v) is 11.1. The highest BCUT2D eigenvalue weighted by molar-refractivity contribution is 14.1. The summed E-state index contributed by atoms with van der Waals surface area (Å²) in [5, 5.41) is 10.9. The van der Waals surface area contributed by atoms with Crippen LogP contribution in [0, 0.1) is 26.7 Å². The fraction of sp³-hybridized carbons (Fsp3) is 0. The molecule has 0 spiro atoms. The van der Waals surface area contributed by atoms with Gasteiger partial charge in [-0.2, -0.15) is 0 Å². The number of halogens is 3. The lowest BCUT2D eigenvalue weighted by Gasteiger charge is -2.15. The molecule has 0 bridgehead atoms. The third-order valence-corrected chi connectivity index (χ3v) is 5.25. The first kappa shape index (κ1) is 28.1. The predicted molar refractivity (Wildman–Crippen MR) is 140 cm³/mol. The van der Waals surface area contributed by atoms with Crippen molar-refractivity contribution in [1.82, 2.24) is 10.4 Å². The van der Waals surface area contributed by atoms with Crippen molar-refractivity contribution in [2.75, 3.05) is 5.32 Å². The Hall–Kier alpha value is -4.12. The number of para-hydroxylation sites is 1. The Morgan fingerprint density at radius 2 is 1.64 bits per heavy atom. The van der Waals surface area contributed by atoms with Crippen LogP contribution >= 0.6 is 22.6 Å². The molecule has 6 N–H and O–H groups in total. The number of hydrazine groups is 1. The Morgan fingerprint density at radius 3 is 2.28 bits per heavy atom. The monoisotopic (exact) mass is 603 g/mol. The van der Waals surface area contributed by atoms with Gasteiger partial charge in [-0.3, -0.25) is 15.2 Å². The Bertz CT molecular complexity index is 1370. The number of aromatic nitrogens is 1. The topological polar surface area (TPSA) is 145 Å². The van der Waals surface area contributed by atoms with E-state index in [2.05, 4.69) is 15.0 Å². The van der Waals surface area contributed by atoms with Gasteiger partial charge in [-0.25, -0.2) is 14.6 Å². The summed E-state index contributed by atoms with van der Waals surface area (Å²) in [6.07, 6.45) is 4.30. The van der Waals surface area contributed by atoms with Gasteiger partial charge in [0.2, 0.25) is 0 Å². The maximum absolute atomic E-state index is 14.2. The Balaban J connectivity index is 0.000000386. The van der Waals surface area contributed by atoms with Crippen molar-refractivity contribution in [3.63, 3.8) is 0 Å². The summed E-state index contributed by atoms with van der Waals surface area (Å²) in [7, 11) is 0. The van der Waals surface area contributed by atoms with Crippen LogP contribution in [-0.4, -0.2) is 16.4 Å². The third kappa shape index (κ3) is 7.19. The number of nitrogens with two attached hydrogens (primary N) is 1. The molecule has 11 heteroatoms. The fourth-order valence-corrected chi connectivity index (χ4v) is 3.49. The second kappa shape index (κ2) is 13.7. The number of anilines is 2. The van der Waals surface area contributed by atoms with Crippen molar-refractivity contribution in [2.45, 2.75) is 0 Å². The van der Waals surface area contributed by atoms with Gasteiger partial charge in [-0.1, -0.05) is 36.4 Å². The number of hydrogen-bond acceptors (Lipinski definition) is 6. The Morgan fingerprint density at radius 1 is 0.944 bits per heavy atom. The number of nitrogen functional groups attached to an aromatic ring is 1. The van der Waals surface area contributed by atoms with E-state index in [0.29, 0.717) is 5.75 Å². The van der Waals surface area contributed by atoms with Gasteiger partial charge in [0.05, 0.1) is 23.1 Å². The number of nitriles is 1. The summed E-state index contributed by atoms with van der Waals surface area (Å²) in [6, 6.07) is 19.5. The number of pyridine rings is 1. The molecule has 4 aromatic rings. The first-order chi connectivity index (χ1) is 16.9. The average Bonchev–Trinajstić information content (AvgIpc) is 2.87. The van der Waals surface area contributed by atoms with E-state index in [1.807, 2.05) is 46.2 Å². The number of ether oxygens (including phenoxy) is 1. The smallest absolute Gasteiger partial charge is 0.292 e. The summed E-state index contributed by atoms with van der Waals surface area (Å²) in [5.41, 5.74) is 2.88. The largest absolute Gasteiger partial charge is 0.412 e. The lowest BCUT2D eigenvalue weighted by atomic mass is 9.99. The molecule has 1 aromatic heterocycles. The molecule has 0 radical (unpaired) electrons. The molecular formula is C25H20F2IN5O3. The average molecular weight is 603 g/mol. The quantitative estimate of drug-likeness (QED) is 0.0992. The maximum Gasteiger partial charge on any atom is 0.292 e. The van der Waals surface area contributed by atoms with Crippen LogP contribution in [0.25, 0.3) is 11.1 Å². The van der Waals surface area contributed by atoms with E-state index in [1.165, 1.54) is 42.7 Å². The lowest BCUT2D eigenvalue weighted by molar-refractivity contribution is 0.0955. The molecule has 0 fully saturated rings. The maximum atomic E-state index is 14.2. The van der Waals surface area contributed by atoms with Gasteiger partial charge in [-0.05, 0) is 59.0 Å². The lowest BCUT2D eigenvalue weighted by Crippen LogP contribution is -2.31. The highest BCUT2D eigenvalue weighted by atomic mass is 127. The second-order valence-corrected chi connectivity index (χ2v) is 8.06. The number of carbonyl (C=O) groups is 1. The minimum absolute atomic E-state index is 0. The van der Waals surface area contributed by atoms with Crippen molar-refractivity contribution in [3.8, 4) is 23.1 Å². The molecule has 3 aromatic carbocycles. The summed E-state index contributed by atoms with van der Waals surface area (Å²) >= 11 is 1.99. The minimum atomic E-state index is -0.654. The van der Waals surface area contributed by atoms with Crippen molar-refractivity contribution in [1.29, 1.82) is 5.26 Å². The highest BCUT2D eigenvalue weighted by Crippen LogP contribution is 2.32. The van der Waals surface area contributed by atoms with Crippen LogP contribution in [0.2, 0.25) is 0 Å². The molecule has 8 nitrogen and oxygen atoms in total. The molecule has 0 aliphatic rings. The molecule has 0 aliphatic carbocycles. The molecular weight excluding hydrogens is 583 g/mol. The van der Waals surface area contributed by atoms with Crippen molar-refractivity contribution in [2.24, 2.45) is 5.84 Å². The van der Waals surface area contributed by atoms with Crippen LogP contribution < -0.4 is 21.3 Å². The van der Waals surface area contributed by atoms with Crippen molar-refractivity contribution >= 4 is 39.9 Å². The molecule has 0 atom stereocenters. The number of hydrogen-bond donors (Lipinski definition) is 3. The molecule has 184 valence electrons. The zero-order chi connectivity index (χ0) is 25.2. The number of rotatable bonds is 5. The first-order valence-electron chi connectivity index (χ1n) is 10.0. The SMILES string of the molecule is N#COc1ccccc1.NNC(=O)c1c(Nc2ccc(I)cc2F)cncc1-c1ccccc1F.O. The van der Waals surface area contributed by atoms with Crippen LogP contribution in [0.3, 0.4) is 0 Å². The van der Waals surface area contributed by atoms with E-state index in [0.717, 1.165) is 3.57 Å². The molecule has 0 saturated heterocycles. The summed E-state index contributed by atoms with van der Waals surface area (Å²) in [4.78, 5) is 16.4. The van der Waals surface area contributed by atoms with Gasteiger partial charge in [0, 0.05) is 20.9 Å².